The van der Waals surface area contributed by atoms with E-state index < -0.39 is 0 Å². The van der Waals surface area contributed by atoms with E-state index >= 15 is 0 Å². The lowest BCUT2D eigenvalue weighted by Gasteiger charge is -2.47. The Bertz CT molecular complexity index is 542. The number of hydrogen-bond acceptors (Lipinski definition) is 1. The van der Waals surface area contributed by atoms with E-state index in [0.29, 0.717) is 6.04 Å². The van der Waals surface area contributed by atoms with Crippen molar-refractivity contribution < 1.29 is 4.79 Å². The molecule has 1 saturated carbocycles. The number of carbonyl (C=O) groups is 1. The Morgan fingerprint density at radius 1 is 1.24 bits per heavy atom. The maximum atomic E-state index is 13.1. The van der Waals surface area contributed by atoms with Crippen LogP contribution in [0.15, 0.2) is 18.2 Å². The van der Waals surface area contributed by atoms with Crippen LogP contribution in [0.5, 0.6) is 0 Å². The van der Waals surface area contributed by atoms with Crippen LogP contribution in [-0.2, 0) is 0 Å². The molecule has 2 aliphatic rings. The zero-order chi connectivity index (χ0) is 15.0. The molecule has 0 radical (unpaired) electrons. The lowest BCUT2D eigenvalue weighted by Crippen LogP contribution is -2.52. The second kappa shape index (κ2) is 6.27. The Labute approximate surface area is 141 Å². The highest BCUT2D eigenvalue weighted by molar-refractivity contribution is 14.1. The van der Waals surface area contributed by atoms with E-state index in [0.717, 1.165) is 33.9 Å². The Balaban J connectivity index is 1.88. The fraction of sp³-hybridized carbons (Fsp3) is 0.611. The second-order valence-corrected chi connectivity index (χ2v) is 7.80. The van der Waals surface area contributed by atoms with Crippen molar-refractivity contribution in [1.82, 2.24) is 4.90 Å². The number of halogens is 1. The van der Waals surface area contributed by atoms with Gasteiger partial charge in [-0.25, -0.2) is 0 Å². The molecular formula is C18H24INO. The fourth-order valence-electron chi connectivity index (χ4n) is 4.13. The van der Waals surface area contributed by atoms with Crippen molar-refractivity contribution in [2.24, 2.45) is 11.8 Å². The van der Waals surface area contributed by atoms with Crippen LogP contribution in [0.25, 0.3) is 0 Å². The number of amides is 1. The average Bonchev–Trinajstić information content (AvgIpc) is 2.50. The van der Waals surface area contributed by atoms with Crippen molar-refractivity contribution in [3.8, 4) is 0 Å². The first kappa shape index (κ1) is 15.3. The molecule has 1 aliphatic heterocycles. The lowest BCUT2D eigenvalue weighted by molar-refractivity contribution is 0.0217. The van der Waals surface area contributed by atoms with E-state index in [4.69, 9.17) is 0 Å². The summed E-state index contributed by atoms with van der Waals surface area (Å²) in [5.41, 5.74) is 2.10. The first-order chi connectivity index (χ1) is 10.1. The molecule has 114 valence electrons. The van der Waals surface area contributed by atoms with Gasteiger partial charge in [-0.1, -0.05) is 31.9 Å². The number of likely N-dealkylation sites (tertiary alicyclic amines) is 1. The predicted molar refractivity (Wildman–Crippen MR) is 94.5 cm³/mol. The number of piperidine rings is 1. The molecule has 2 fully saturated rings. The van der Waals surface area contributed by atoms with Crippen molar-refractivity contribution in [3.05, 3.63) is 32.9 Å². The molecule has 1 aromatic carbocycles. The highest BCUT2D eigenvalue weighted by atomic mass is 127. The van der Waals surface area contributed by atoms with Gasteiger partial charge in [-0.05, 0) is 72.2 Å². The third kappa shape index (κ3) is 2.86. The number of rotatable bonds is 1. The van der Waals surface area contributed by atoms with Crippen LogP contribution in [0.1, 0.15) is 54.9 Å². The van der Waals surface area contributed by atoms with E-state index in [-0.39, 0.29) is 5.91 Å². The summed E-state index contributed by atoms with van der Waals surface area (Å²) < 4.78 is 1.12. The van der Waals surface area contributed by atoms with Crippen molar-refractivity contribution >= 4 is 28.5 Å². The van der Waals surface area contributed by atoms with Gasteiger partial charge in [0.1, 0.15) is 0 Å². The smallest absolute Gasteiger partial charge is 0.255 e. The first-order valence-electron chi connectivity index (χ1n) is 8.15. The molecule has 1 amide bonds. The quantitative estimate of drug-likeness (QED) is 0.633. The molecule has 1 aromatic rings. The molecule has 0 spiro atoms. The monoisotopic (exact) mass is 397 g/mol. The second-order valence-electron chi connectivity index (χ2n) is 6.72. The normalized spacial score (nSPS) is 29.1. The van der Waals surface area contributed by atoms with Crippen LogP contribution in [0.3, 0.4) is 0 Å². The Hall–Kier alpha value is -0.580. The maximum Gasteiger partial charge on any atom is 0.255 e. The minimum atomic E-state index is 0.256. The molecule has 1 aliphatic carbocycles. The molecule has 2 nitrogen and oxygen atoms in total. The van der Waals surface area contributed by atoms with Gasteiger partial charge in [0.05, 0.1) is 5.56 Å². The predicted octanol–water partition coefficient (Wildman–Crippen LogP) is 4.64. The standard InChI is InChI=1S/C18H24INO/c1-12-10-11-20(16-9-4-3-7-14(12)16)18(21)15-8-5-6-13(2)17(15)19/h5-6,8,12,14,16H,3-4,7,9-11H2,1-2H3. The summed E-state index contributed by atoms with van der Waals surface area (Å²) in [4.78, 5) is 15.3. The minimum absolute atomic E-state index is 0.256. The number of hydrogen-bond donors (Lipinski definition) is 0. The van der Waals surface area contributed by atoms with Gasteiger partial charge in [-0.15, -0.1) is 0 Å². The summed E-state index contributed by atoms with van der Waals surface area (Å²) in [6.45, 7) is 5.40. The molecule has 3 atom stereocenters. The van der Waals surface area contributed by atoms with E-state index in [1.54, 1.807) is 0 Å². The summed E-state index contributed by atoms with van der Waals surface area (Å²) in [5, 5.41) is 0. The zero-order valence-electron chi connectivity index (χ0n) is 12.9. The van der Waals surface area contributed by atoms with Gasteiger partial charge < -0.3 is 4.90 Å². The van der Waals surface area contributed by atoms with E-state index in [9.17, 15) is 4.79 Å². The van der Waals surface area contributed by atoms with Gasteiger partial charge >= 0.3 is 0 Å². The van der Waals surface area contributed by atoms with Gasteiger partial charge in [0.2, 0.25) is 0 Å². The number of aryl methyl sites for hydroxylation is 1. The summed E-state index contributed by atoms with van der Waals surface area (Å²) in [7, 11) is 0. The van der Waals surface area contributed by atoms with Gasteiger partial charge in [0.15, 0.2) is 0 Å². The van der Waals surface area contributed by atoms with Crippen LogP contribution in [0, 0.1) is 22.3 Å². The van der Waals surface area contributed by atoms with E-state index in [2.05, 4.69) is 47.4 Å². The third-order valence-electron chi connectivity index (χ3n) is 5.42. The number of fused-ring (bicyclic) bond motifs is 1. The SMILES string of the molecule is Cc1cccc(C(=O)N2CCC(C)C3CCCCC32)c1I. The minimum Gasteiger partial charge on any atom is -0.335 e. The topological polar surface area (TPSA) is 20.3 Å². The highest BCUT2D eigenvalue weighted by Gasteiger charge is 2.39. The zero-order valence-corrected chi connectivity index (χ0v) is 15.1. The number of carbonyl (C=O) groups excluding carboxylic acids is 1. The van der Waals surface area contributed by atoms with Crippen molar-refractivity contribution in [1.29, 1.82) is 0 Å². The number of nitrogens with zero attached hydrogens (tertiary/aromatic N) is 1. The molecule has 1 heterocycles. The van der Waals surface area contributed by atoms with Gasteiger partial charge in [0.25, 0.3) is 5.91 Å². The van der Waals surface area contributed by atoms with Crippen molar-refractivity contribution in [2.45, 2.75) is 52.0 Å². The Kier molecular flexibility index (Phi) is 4.57. The third-order valence-corrected chi connectivity index (χ3v) is 6.85. The summed E-state index contributed by atoms with van der Waals surface area (Å²) >= 11 is 2.32. The lowest BCUT2D eigenvalue weighted by atomic mass is 9.72. The summed E-state index contributed by atoms with van der Waals surface area (Å²) in [6.07, 6.45) is 6.29. The molecule has 0 N–H and O–H groups in total. The molecule has 3 heteroatoms. The molecule has 21 heavy (non-hydrogen) atoms. The van der Waals surface area contributed by atoms with Crippen LogP contribution < -0.4 is 0 Å². The number of benzene rings is 1. The summed E-state index contributed by atoms with van der Waals surface area (Å²) in [6, 6.07) is 6.56. The molecule has 1 saturated heterocycles. The van der Waals surface area contributed by atoms with E-state index in [1.807, 2.05) is 12.1 Å². The van der Waals surface area contributed by atoms with Crippen LogP contribution in [-0.4, -0.2) is 23.4 Å². The highest BCUT2D eigenvalue weighted by Crippen LogP contribution is 2.39. The van der Waals surface area contributed by atoms with Crippen molar-refractivity contribution in [3.63, 3.8) is 0 Å². The first-order valence-corrected chi connectivity index (χ1v) is 9.23. The molecule has 3 unspecified atom stereocenters. The molecule has 3 rings (SSSR count). The Morgan fingerprint density at radius 3 is 2.81 bits per heavy atom. The molecule has 0 bridgehead atoms. The van der Waals surface area contributed by atoms with Gasteiger partial charge in [-0.2, -0.15) is 0 Å². The Morgan fingerprint density at radius 2 is 2.00 bits per heavy atom. The maximum absolute atomic E-state index is 13.1. The molecular weight excluding hydrogens is 373 g/mol. The van der Waals surface area contributed by atoms with Crippen LogP contribution in [0.2, 0.25) is 0 Å². The summed E-state index contributed by atoms with van der Waals surface area (Å²) in [5.74, 6) is 1.75. The molecule has 0 aromatic heterocycles. The van der Waals surface area contributed by atoms with E-state index in [1.165, 1.54) is 31.2 Å². The van der Waals surface area contributed by atoms with Crippen LogP contribution >= 0.6 is 22.6 Å². The van der Waals surface area contributed by atoms with Crippen molar-refractivity contribution in [2.75, 3.05) is 6.54 Å². The van der Waals surface area contributed by atoms with Crippen LogP contribution in [0.4, 0.5) is 0 Å². The van der Waals surface area contributed by atoms with Gasteiger partial charge in [-0.3, -0.25) is 4.79 Å². The van der Waals surface area contributed by atoms with Gasteiger partial charge in [0, 0.05) is 16.2 Å². The largest absolute Gasteiger partial charge is 0.335 e. The fourth-order valence-corrected chi connectivity index (χ4v) is 4.72. The average molecular weight is 397 g/mol.